The normalized spacial score (nSPS) is 10.5. The molecule has 0 bridgehead atoms. The van der Waals surface area contributed by atoms with E-state index < -0.39 is 12.1 Å². The number of aromatic amines is 1. The summed E-state index contributed by atoms with van der Waals surface area (Å²) in [4.78, 5) is 20.0. The summed E-state index contributed by atoms with van der Waals surface area (Å²) < 4.78 is 31.7. The van der Waals surface area contributed by atoms with E-state index in [1.165, 1.54) is 6.33 Å². The van der Waals surface area contributed by atoms with Crippen LogP contribution in [-0.4, -0.2) is 37.3 Å². The first-order valence-electron chi connectivity index (χ1n) is 7.42. The minimum absolute atomic E-state index is 0.139. The molecule has 0 atom stereocenters. The van der Waals surface area contributed by atoms with Gasteiger partial charge in [0.05, 0.1) is 23.9 Å². The Hall–Kier alpha value is -4.07. The van der Waals surface area contributed by atoms with Crippen LogP contribution >= 0.6 is 0 Å². The fourth-order valence-corrected chi connectivity index (χ4v) is 2.11. The zero-order chi connectivity index (χ0) is 20.9. The Morgan fingerprint density at radius 3 is 2.46 bits per heavy atom. The van der Waals surface area contributed by atoms with E-state index >= 15 is 0 Å². The van der Waals surface area contributed by atoms with Crippen LogP contribution in [0.25, 0.3) is 22.5 Å². The minimum atomic E-state index is -5.08. The van der Waals surface area contributed by atoms with Gasteiger partial charge in [-0.1, -0.05) is 12.1 Å². The number of anilines is 1. The second-order valence-electron chi connectivity index (χ2n) is 5.25. The number of H-pyrrole nitrogens is 1. The first-order chi connectivity index (χ1) is 13.1. The van der Waals surface area contributed by atoms with Gasteiger partial charge in [0, 0.05) is 11.1 Å². The number of hydrogen-bond donors (Lipinski definition) is 4. The van der Waals surface area contributed by atoms with Gasteiger partial charge in [0.1, 0.15) is 23.2 Å². The molecule has 2 aromatic heterocycles. The number of rotatable bonds is 2. The van der Waals surface area contributed by atoms with Crippen molar-refractivity contribution in [1.82, 2.24) is 15.0 Å². The number of nitrogens with one attached hydrogen (secondary N) is 1. The number of pyridine rings is 1. The molecule has 0 radical (unpaired) electrons. The average Bonchev–Trinajstić information content (AvgIpc) is 3.15. The SMILES string of the molecule is N#Cc1c(-c2cnc[nH]2)cc(-c2cccc(O)c2)nc1N.O=C(O)C(F)(F)F. The second kappa shape index (κ2) is 8.09. The number of phenolic OH excluding ortho intramolecular Hbond substituents is 1. The summed E-state index contributed by atoms with van der Waals surface area (Å²) in [5, 5.41) is 26.0. The molecule has 0 spiro atoms. The largest absolute Gasteiger partial charge is 0.508 e. The van der Waals surface area contributed by atoms with Crippen LogP contribution in [0, 0.1) is 11.3 Å². The highest BCUT2D eigenvalue weighted by Gasteiger charge is 2.38. The molecular weight excluding hydrogens is 379 g/mol. The smallest absolute Gasteiger partial charge is 0.490 e. The van der Waals surface area contributed by atoms with Crippen LogP contribution in [0.15, 0.2) is 42.9 Å². The number of nitrogens with two attached hydrogens (primary N) is 1. The number of carboxylic acid groups (broad SMARTS) is 1. The van der Waals surface area contributed by atoms with Crippen molar-refractivity contribution in [2.24, 2.45) is 0 Å². The molecular formula is C17H12F3N5O3. The summed E-state index contributed by atoms with van der Waals surface area (Å²) in [5.41, 5.74) is 8.78. The number of nitrogens with zero attached hydrogens (tertiary/aromatic N) is 3. The van der Waals surface area contributed by atoms with Gasteiger partial charge in [0.15, 0.2) is 0 Å². The van der Waals surface area contributed by atoms with Crippen LogP contribution in [0.1, 0.15) is 5.56 Å². The lowest BCUT2D eigenvalue weighted by molar-refractivity contribution is -0.192. The van der Waals surface area contributed by atoms with E-state index in [4.69, 9.17) is 15.6 Å². The van der Waals surface area contributed by atoms with E-state index in [1.807, 2.05) is 6.07 Å². The fourth-order valence-electron chi connectivity index (χ4n) is 2.11. The molecule has 28 heavy (non-hydrogen) atoms. The number of carboxylic acids is 1. The van der Waals surface area contributed by atoms with E-state index in [1.54, 1.807) is 30.5 Å². The Balaban J connectivity index is 0.000000345. The van der Waals surface area contributed by atoms with E-state index in [9.17, 15) is 23.5 Å². The van der Waals surface area contributed by atoms with Crippen LogP contribution in [0.4, 0.5) is 19.0 Å². The number of benzene rings is 1. The minimum Gasteiger partial charge on any atom is -0.508 e. The summed E-state index contributed by atoms with van der Waals surface area (Å²) in [7, 11) is 0. The Morgan fingerprint density at radius 1 is 1.29 bits per heavy atom. The van der Waals surface area contributed by atoms with Crippen LogP contribution in [0.5, 0.6) is 5.75 Å². The molecule has 3 rings (SSSR count). The van der Waals surface area contributed by atoms with Crippen molar-refractivity contribution < 1.29 is 28.2 Å². The topological polar surface area (TPSA) is 149 Å². The van der Waals surface area contributed by atoms with Gasteiger partial charge in [-0.05, 0) is 18.2 Å². The van der Waals surface area contributed by atoms with Crippen LogP contribution in [0.3, 0.4) is 0 Å². The summed E-state index contributed by atoms with van der Waals surface area (Å²) in [6.07, 6.45) is -1.94. The summed E-state index contributed by atoms with van der Waals surface area (Å²) >= 11 is 0. The van der Waals surface area contributed by atoms with Gasteiger partial charge in [0.25, 0.3) is 0 Å². The van der Waals surface area contributed by atoms with Gasteiger partial charge in [-0.15, -0.1) is 0 Å². The van der Waals surface area contributed by atoms with Gasteiger partial charge in [-0.25, -0.2) is 14.8 Å². The Bertz CT molecular complexity index is 1030. The number of carbonyl (C=O) groups is 1. The standard InChI is InChI=1S/C15H11N5O.C2HF3O2/c16-6-12-11(14-7-18-8-19-14)5-13(20-15(12)17)9-2-1-3-10(21)4-9;3-2(4,5)1(6)7/h1-5,7-8,21H,(H2,17,20)(H,18,19);(H,6,7). The molecule has 8 nitrogen and oxygen atoms in total. The van der Waals surface area contributed by atoms with Crippen LogP contribution in [-0.2, 0) is 4.79 Å². The highest BCUT2D eigenvalue weighted by molar-refractivity contribution is 5.78. The number of aliphatic carboxylic acids is 1. The number of hydrogen-bond acceptors (Lipinski definition) is 6. The molecule has 1 aromatic carbocycles. The lowest BCUT2D eigenvalue weighted by atomic mass is 10.0. The molecule has 0 aliphatic carbocycles. The molecule has 11 heteroatoms. The zero-order valence-electron chi connectivity index (χ0n) is 13.9. The molecule has 0 saturated heterocycles. The van der Waals surface area contributed by atoms with Crippen molar-refractivity contribution >= 4 is 11.8 Å². The molecule has 144 valence electrons. The second-order valence-corrected chi connectivity index (χ2v) is 5.25. The fraction of sp³-hybridized carbons (Fsp3) is 0.0588. The van der Waals surface area contributed by atoms with Gasteiger partial charge < -0.3 is 20.9 Å². The van der Waals surface area contributed by atoms with Crippen LogP contribution < -0.4 is 5.73 Å². The first kappa shape index (κ1) is 20.2. The molecule has 0 aliphatic heterocycles. The third-order valence-electron chi connectivity index (χ3n) is 3.33. The molecule has 0 aliphatic rings. The van der Waals surface area contributed by atoms with Crippen molar-refractivity contribution in [2.75, 3.05) is 5.73 Å². The molecule has 0 fully saturated rings. The van der Waals surface area contributed by atoms with E-state index in [-0.39, 0.29) is 11.6 Å². The number of halogens is 3. The Labute approximate surface area is 155 Å². The lowest BCUT2D eigenvalue weighted by Gasteiger charge is -2.08. The monoisotopic (exact) mass is 391 g/mol. The zero-order valence-corrected chi connectivity index (χ0v) is 13.9. The summed E-state index contributed by atoms with van der Waals surface area (Å²) in [6, 6.07) is 10.5. The molecule has 0 unspecified atom stereocenters. The number of nitrogen functional groups attached to an aromatic ring is 1. The quantitative estimate of drug-likeness (QED) is 0.525. The third-order valence-corrected chi connectivity index (χ3v) is 3.33. The molecule has 0 amide bonds. The third kappa shape index (κ3) is 4.76. The molecule has 0 saturated carbocycles. The van der Waals surface area contributed by atoms with Crippen molar-refractivity contribution in [3.05, 3.63) is 48.4 Å². The van der Waals surface area contributed by atoms with Gasteiger partial charge in [0.2, 0.25) is 0 Å². The predicted octanol–water partition coefficient (Wildman–Crippen LogP) is 2.93. The molecule has 2 heterocycles. The van der Waals surface area contributed by atoms with Crippen molar-refractivity contribution in [2.45, 2.75) is 6.18 Å². The number of aromatic hydroxyl groups is 1. The lowest BCUT2D eigenvalue weighted by Crippen LogP contribution is -2.21. The predicted molar refractivity (Wildman–Crippen MR) is 91.7 cm³/mol. The first-order valence-corrected chi connectivity index (χ1v) is 7.42. The number of phenols is 1. The van der Waals surface area contributed by atoms with Crippen molar-refractivity contribution in [3.8, 4) is 34.3 Å². The maximum Gasteiger partial charge on any atom is 0.490 e. The van der Waals surface area contributed by atoms with Crippen LogP contribution in [0.2, 0.25) is 0 Å². The summed E-state index contributed by atoms with van der Waals surface area (Å²) in [5.74, 6) is -2.48. The maximum absolute atomic E-state index is 10.6. The van der Waals surface area contributed by atoms with Crippen molar-refractivity contribution in [1.29, 1.82) is 5.26 Å². The Kier molecular flexibility index (Phi) is 5.85. The maximum atomic E-state index is 10.6. The van der Waals surface area contributed by atoms with E-state index in [2.05, 4.69) is 21.0 Å². The highest BCUT2D eigenvalue weighted by atomic mass is 19.4. The Morgan fingerprint density at radius 2 is 1.96 bits per heavy atom. The number of nitriles is 1. The van der Waals surface area contributed by atoms with Gasteiger partial charge >= 0.3 is 12.1 Å². The average molecular weight is 391 g/mol. The molecule has 3 aromatic rings. The highest BCUT2D eigenvalue weighted by Crippen LogP contribution is 2.30. The number of imidazole rings is 1. The van der Waals surface area contributed by atoms with E-state index in [0.717, 1.165) is 0 Å². The molecule has 5 N–H and O–H groups in total. The summed E-state index contributed by atoms with van der Waals surface area (Å²) in [6.45, 7) is 0. The number of alkyl halides is 3. The number of aromatic nitrogens is 3. The van der Waals surface area contributed by atoms with Gasteiger partial charge in [-0.2, -0.15) is 18.4 Å². The van der Waals surface area contributed by atoms with Crippen molar-refractivity contribution in [3.63, 3.8) is 0 Å². The van der Waals surface area contributed by atoms with Gasteiger partial charge in [-0.3, -0.25) is 0 Å². The van der Waals surface area contributed by atoms with E-state index in [0.29, 0.717) is 28.1 Å².